The average molecular weight is 278 g/mol. The third-order valence-electron chi connectivity index (χ3n) is 2.76. The van der Waals surface area contributed by atoms with E-state index in [2.05, 4.69) is 19.2 Å². The molecule has 0 saturated heterocycles. The predicted molar refractivity (Wildman–Crippen MR) is 73.7 cm³/mol. The van der Waals surface area contributed by atoms with Gasteiger partial charge in [-0.2, -0.15) is 5.26 Å². The van der Waals surface area contributed by atoms with Crippen LogP contribution in [0.5, 0.6) is 5.75 Å². The van der Waals surface area contributed by atoms with Crippen molar-refractivity contribution in [3.8, 4) is 11.8 Å². The van der Waals surface area contributed by atoms with Crippen molar-refractivity contribution in [3.05, 3.63) is 29.6 Å². The smallest absolute Gasteiger partial charge is 0.260 e. The van der Waals surface area contributed by atoms with Gasteiger partial charge in [-0.05, 0) is 31.4 Å². The summed E-state index contributed by atoms with van der Waals surface area (Å²) >= 11 is 0. The second kappa shape index (κ2) is 7.49. The number of nitrogens with one attached hydrogen (secondary N) is 1. The number of hydrogen-bond donors (Lipinski definition) is 1. The first-order valence-electron chi connectivity index (χ1n) is 6.58. The summed E-state index contributed by atoms with van der Waals surface area (Å²) < 4.78 is 18.7. The summed E-state index contributed by atoms with van der Waals surface area (Å²) in [5, 5.41) is 11.4. The second-order valence-electron chi connectivity index (χ2n) is 4.99. The summed E-state index contributed by atoms with van der Waals surface area (Å²) in [5.41, 5.74) is -0.0496. The number of carbonyl (C=O) groups excluding carboxylic acids is 1. The predicted octanol–water partition coefficient (Wildman–Crippen LogP) is 2.63. The molecule has 0 saturated carbocycles. The summed E-state index contributed by atoms with van der Waals surface area (Å²) in [6, 6.07) is 5.63. The minimum absolute atomic E-state index is 0.0496. The molecule has 1 aromatic rings. The maximum Gasteiger partial charge on any atom is 0.260 e. The monoisotopic (exact) mass is 278 g/mol. The Kier molecular flexibility index (Phi) is 5.98. The molecule has 4 nitrogen and oxygen atoms in total. The van der Waals surface area contributed by atoms with Crippen molar-refractivity contribution in [2.75, 3.05) is 6.54 Å². The Hall–Kier alpha value is -2.09. The first-order valence-corrected chi connectivity index (χ1v) is 6.58. The number of benzene rings is 1. The maximum atomic E-state index is 13.4. The number of amides is 1. The summed E-state index contributed by atoms with van der Waals surface area (Å²) in [6.45, 7) is 6.34. The van der Waals surface area contributed by atoms with Gasteiger partial charge in [0.25, 0.3) is 5.91 Å². The van der Waals surface area contributed by atoms with Crippen LogP contribution in [0.25, 0.3) is 0 Å². The van der Waals surface area contributed by atoms with E-state index < -0.39 is 11.9 Å². The number of rotatable bonds is 6. The highest BCUT2D eigenvalue weighted by molar-refractivity contribution is 5.80. The molecule has 1 atom stereocenters. The van der Waals surface area contributed by atoms with Crippen LogP contribution in [0, 0.1) is 23.1 Å². The Labute approximate surface area is 118 Å². The van der Waals surface area contributed by atoms with Gasteiger partial charge in [0.05, 0.1) is 5.56 Å². The summed E-state index contributed by atoms with van der Waals surface area (Å²) in [7, 11) is 0. The average Bonchev–Trinajstić information content (AvgIpc) is 2.38. The van der Waals surface area contributed by atoms with Gasteiger partial charge in [-0.25, -0.2) is 4.39 Å². The van der Waals surface area contributed by atoms with E-state index in [1.807, 2.05) is 0 Å². The number of carbonyl (C=O) groups is 1. The van der Waals surface area contributed by atoms with Gasteiger partial charge in [-0.15, -0.1) is 0 Å². The van der Waals surface area contributed by atoms with Gasteiger partial charge >= 0.3 is 0 Å². The molecule has 0 bridgehead atoms. The zero-order valence-electron chi connectivity index (χ0n) is 11.9. The van der Waals surface area contributed by atoms with E-state index >= 15 is 0 Å². The third-order valence-corrected chi connectivity index (χ3v) is 2.76. The molecule has 0 aliphatic rings. The van der Waals surface area contributed by atoms with Crippen LogP contribution in [0.15, 0.2) is 18.2 Å². The molecular formula is C15H19FN2O2. The van der Waals surface area contributed by atoms with Crippen molar-refractivity contribution in [2.24, 2.45) is 5.92 Å². The van der Waals surface area contributed by atoms with Gasteiger partial charge in [-0.3, -0.25) is 4.79 Å². The van der Waals surface area contributed by atoms with Crippen LogP contribution >= 0.6 is 0 Å². The number of hydrogen-bond acceptors (Lipinski definition) is 3. The number of halogens is 1. The van der Waals surface area contributed by atoms with Crippen molar-refractivity contribution in [1.82, 2.24) is 5.32 Å². The molecule has 1 unspecified atom stereocenters. The molecule has 1 N–H and O–H groups in total. The highest BCUT2D eigenvalue weighted by Gasteiger charge is 2.15. The fraction of sp³-hybridized carbons (Fsp3) is 0.467. The normalized spacial score (nSPS) is 11.8. The van der Waals surface area contributed by atoms with E-state index in [-0.39, 0.29) is 17.2 Å². The Morgan fingerprint density at radius 3 is 2.70 bits per heavy atom. The van der Waals surface area contributed by atoms with E-state index in [4.69, 9.17) is 10.00 Å². The number of nitriles is 1. The molecule has 0 aliphatic heterocycles. The largest absolute Gasteiger partial charge is 0.481 e. The zero-order chi connectivity index (χ0) is 15.1. The van der Waals surface area contributed by atoms with Crippen LogP contribution in [0.3, 0.4) is 0 Å². The molecule has 20 heavy (non-hydrogen) atoms. The maximum absolute atomic E-state index is 13.4. The third kappa shape index (κ3) is 4.88. The van der Waals surface area contributed by atoms with Crippen LogP contribution in [-0.4, -0.2) is 18.6 Å². The van der Waals surface area contributed by atoms with Crippen molar-refractivity contribution < 1.29 is 13.9 Å². The number of ether oxygens (including phenoxy) is 1. The van der Waals surface area contributed by atoms with E-state index in [0.29, 0.717) is 12.5 Å². The van der Waals surface area contributed by atoms with Crippen molar-refractivity contribution in [1.29, 1.82) is 5.26 Å². The highest BCUT2D eigenvalue weighted by Crippen LogP contribution is 2.17. The summed E-state index contributed by atoms with van der Waals surface area (Å²) in [4.78, 5) is 11.8. The van der Waals surface area contributed by atoms with Gasteiger partial charge in [0.2, 0.25) is 0 Å². The Morgan fingerprint density at radius 1 is 1.45 bits per heavy atom. The first kappa shape index (κ1) is 16.0. The second-order valence-corrected chi connectivity index (χ2v) is 4.99. The van der Waals surface area contributed by atoms with E-state index in [1.165, 1.54) is 12.1 Å². The van der Waals surface area contributed by atoms with E-state index in [9.17, 15) is 9.18 Å². The number of nitrogens with zero attached hydrogens (tertiary/aromatic N) is 1. The molecule has 0 aromatic heterocycles. The van der Waals surface area contributed by atoms with Gasteiger partial charge in [0.1, 0.15) is 17.6 Å². The molecule has 0 spiro atoms. The van der Waals surface area contributed by atoms with Crippen LogP contribution in [0.2, 0.25) is 0 Å². The van der Waals surface area contributed by atoms with Gasteiger partial charge in [0, 0.05) is 12.6 Å². The van der Waals surface area contributed by atoms with Crippen LogP contribution < -0.4 is 10.1 Å². The Morgan fingerprint density at radius 2 is 2.15 bits per heavy atom. The van der Waals surface area contributed by atoms with Crippen LogP contribution in [0.1, 0.15) is 32.8 Å². The molecule has 108 valence electrons. The lowest BCUT2D eigenvalue weighted by molar-refractivity contribution is -0.127. The molecule has 0 heterocycles. The fourth-order valence-corrected chi connectivity index (χ4v) is 1.55. The molecule has 0 aliphatic carbocycles. The minimum Gasteiger partial charge on any atom is -0.481 e. The molecule has 1 rings (SSSR count). The lowest BCUT2D eigenvalue weighted by Crippen LogP contribution is -2.37. The van der Waals surface area contributed by atoms with Gasteiger partial charge < -0.3 is 10.1 Å². The standard InChI is InChI=1S/C15H19FN2O2/c1-10(2)6-7-18-15(19)11(3)20-13-5-4-12(9-17)14(16)8-13/h4-5,8,10-11H,6-7H2,1-3H3,(H,18,19). The molecule has 0 radical (unpaired) electrons. The summed E-state index contributed by atoms with van der Waals surface area (Å²) in [5.74, 6) is -0.153. The molecule has 1 amide bonds. The van der Waals surface area contributed by atoms with Crippen molar-refractivity contribution in [2.45, 2.75) is 33.3 Å². The van der Waals surface area contributed by atoms with Crippen molar-refractivity contribution >= 4 is 5.91 Å². The van der Waals surface area contributed by atoms with Gasteiger partial charge in [-0.1, -0.05) is 13.8 Å². The van der Waals surface area contributed by atoms with Crippen molar-refractivity contribution in [3.63, 3.8) is 0 Å². The van der Waals surface area contributed by atoms with Crippen LogP contribution in [0.4, 0.5) is 4.39 Å². The van der Waals surface area contributed by atoms with E-state index in [1.54, 1.807) is 13.0 Å². The minimum atomic E-state index is -0.713. The highest BCUT2D eigenvalue weighted by atomic mass is 19.1. The van der Waals surface area contributed by atoms with E-state index in [0.717, 1.165) is 12.5 Å². The first-order chi connectivity index (χ1) is 9.43. The Bertz CT molecular complexity index is 509. The Balaban J connectivity index is 2.53. The topological polar surface area (TPSA) is 62.1 Å². The quantitative estimate of drug-likeness (QED) is 0.870. The SMILES string of the molecule is CC(C)CCNC(=O)C(C)Oc1ccc(C#N)c(F)c1. The zero-order valence-corrected chi connectivity index (χ0v) is 11.9. The van der Waals surface area contributed by atoms with Crippen LogP contribution in [-0.2, 0) is 4.79 Å². The fourth-order valence-electron chi connectivity index (χ4n) is 1.55. The molecule has 1 aromatic carbocycles. The molecule has 0 fully saturated rings. The van der Waals surface area contributed by atoms with Gasteiger partial charge in [0.15, 0.2) is 6.10 Å². The summed E-state index contributed by atoms with van der Waals surface area (Å²) in [6.07, 6.45) is 0.179. The lowest BCUT2D eigenvalue weighted by Gasteiger charge is -2.15. The molecule has 5 heteroatoms. The lowest BCUT2D eigenvalue weighted by atomic mass is 10.1. The molecular weight excluding hydrogens is 259 g/mol.